The maximum atomic E-state index is 11.3. The Bertz CT molecular complexity index is 977. The number of sulfonamides is 1. The summed E-state index contributed by atoms with van der Waals surface area (Å²) in [4.78, 5) is 10.0. The zero-order valence-electron chi connectivity index (χ0n) is 12.7. The molecule has 25 heavy (non-hydrogen) atoms. The standard InChI is InChI=1S/C14H12Cl2N4O4S/c1-8(9-2-4-11(15)12(16)6-9)18-19-13-5-3-10(25(17,23)24)7-14(13)20(21)22/h2-7,19H,1H3,(H2,17,23,24)/b18-8-. The van der Waals surface area contributed by atoms with Crippen molar-refractivity contribution in [2.75, 3.05) is 5.43 Å². The number of benzene rings is 2. The van der Waals surface area contributed by atoms with Gasteiger partial charge in [-0.25, -0.2) is 13.6 Å². The van der Waals surface area contributed by atoms with Gasteiger partial charge in [0.2, 0.25) is 10.0 Å². The molecule has 8 nitrogen and oxygen atoms in total. The molecule has 0 saturated carbocycles. The predicted octanol–water partition coefficient (Wildman–Crippen LogP) is 3.39. The van der Waals surface area contributed by atoms with Crippen LogP contribution in [-0.4, -0.2) is 19.1 Å². The van der Waals surface area contributed by atoms with Crippen LogP contribution in [0.1, 0.15) is 12.5 Å². The highest BCUT2D eigenvalue weighted by Gasteiger charge is 2.19. The van der Waals surface area contributed by atoms with Gasteiger partial charge in [0.25, 0.3) is 5.69 Å². The molecule has 0 aliphatic heterocycles. The van der Waals surface area contributed by atoms with Crippen LogP contribution in [-0.2, 0) is 10.0 Å². The van der Waals surface area contributed by atoms with E-state index in [1.165, 1.54) is 6.07 Å². The quantitative estimate of drug-likeness (QED) is 0.449. The lowest BCUT2D eigenvalue weighted by Crippen LogP contribution is -2.12. The number of nitrogens with two attached hydrogens (primary N) is 1. The van der Waals surface area contributed by atoms with Crippen molar-refractivity contribution in [3.63, 3.8) is 0 Å². The van der Waals surface area contributed by atoms with Gasteiger partial charge < -0.3 is 0 Å². The monoisotopic (exact) mass is 402 g/mol. The zero-order chi connectivity index (χ0) is 18.8. The highest BCUT2D eigenvalue weighted by atomic mass is 35.5. The number of hydrogen-bond donors (Lipinski definition) is 2. The maximum absolute atomic E-state index is 11.3. The molecule has 0 amide bonds. The molecule has 0 radical (unpaired) electrons. The first-order valence-corrected chi connectivity index (χ1v) is 8.97. The van der Waals surface area contributed by atoms with Crippen LogP contribution in [0, 0.1) is 10.1 Å². The average molecular weight is 403 g/mol. The molecule has 2 aromatic carbocycles. The Balaban J connectivity index is 2.36. The van der Waals surface area contributed by atoms with E-state index in [4.69, 9.17) is 28.3 Å². The molecule has 0 unspecified atom stereocenters. The van der Waals surface area contributed by atoms with E-state index >= 15 is 0 Å². The number of primary sulfonamides is 1. The molecular weight excluding hydrogens is 391 g/mol. The molecule has 3 N–H and O–H groups in total. The van der Waals surface area contributed by atoms with Crippen molar-refractivity contribution < 1.29 is 13.3 Å². The lowest BCUT2D eigenvalue weighted by atomic mass is 10.1. The van der Waals surface area contributed by atoms with Crippen LogP contribution < -0.4 is 10.6 Å². The highest BCUT2D eigenvalue weighted by Crippen LogP contribution is 2.27. The van der Waals surface area contributed by atoms with Crippen molar-refractivity contribution in [2.45, 2.75) is 11.8 Å². The van der Waals surface area contributed by atoms with Gasteiger partial charge in [0.1, 0.15) is 5.69 Å². The van der Waals surface area contributed by atoms with Crippen LogP contribution >= 0.6 is 23.2 Å². The zero-order valence-corrected chi connectivity index (χ0v) is 15.1. The second-order valence-electron chi connectivity index (χ2n) is 4.92. The third-order valence-electron chi connectivity index (χ3n) is 3.18. The fraction of sp³-hybridized carbons (Fsp3) is 0.0714. The molecule has 0 aliphatic rings. The van der Waals surface area contributed by atoms with Crippen molar-refractivity contribution in [3.05, 3.63) is 62.1 Å². The summed E-state index contributed by atoms with van der Waals surface area (Å²) in [7, 11) is -4.05. The number of hydrazone groups is 1. The largest absolute Gasteiger partial charge is 0.295 e. The van der Waals surface area contributed by atoms with Crippen LogP contribution in [0.5, 0.6) is 0 Å². The number of nitro benzene ring substituents is 1. The Labute approximate surface area is 153 Å². The van der Waals surface area contributed by atoms with E-state index in [1.807, 2.05) is 0 Å². The molecule has 0 spiro atoms. The summed E-state index contributed by atoms with van der Waals surface area (Å²) in [5.74, 6) is 0. The minimum absolute atomic E-state index is 0.0109. The van der Waals surface area contributed by atoms with Crippen LogP contribution in [0.3, 0.4) is 0 Å². The molecule has 0 heterocycles. The van der Waals surface area contributed by atoms with E-state index in [0.717, 1.165) is 12.1 Å². The Hall–Kier alpha value is -2.20. The Morgan fingerprint density at radius 3 is 2.44 bits per heavy atom. The second-order valence-corrected chi connectivity index (χ2v) is 7.29. The van der Waals surface area contributed by atoms with E-state index in [2.05, 4.69) is 10.5 Å². The average Bonchev–Trinajstić information content (AvgIpc) is 2.54. The summed E-state index contributed by atoms with van der Waals surface area (Å²) in [6, 6.07) is 8.11. The molecule has 2 rings (SSSR count). The van der Waals surface area contributed by atoms with Gasteiger partial charge in [0.05, 0.1) is 25.6 Å². The molecule has 0 bridgehead atoms. The van der Waals surface area contributed by atoms with Gasteiger partial charge in [0.15, 0.2) is 0 Å². The summed E-state index contributed by atoms with van der Waals surface area (Å²) >= 11 is 11.8. The first kappa shape index (κ1) is 19.1. The Kier molecular flexibility index (Phi) is 5.63. The van der Waals surface area contributed by atoms with Crippen LogP contribution in [0.2, 0.25) is 10.0 Å². The number of nitrogens with one attached hydrogen (secondary N) is 1. The van der Waals surface area contributed by atoms with E-state index in [9.17, 15) is 18.5 Å². The molecule has 0 saturated heterocycles. The first-order chi connectivity index (χ1) is 11.6. The molecular formula is C14H12Cl2N4O4S. The first-order valence-electron chi connectivity index (χ1n) is 6.66. The van der Waals surface area contributed by atoms with E-state index in [-0.39, 0.29) is 10.6 Å². The van der Waals surface area contributed by atoms with Crippen molar-refractivity contribution in [1.29, 1.82) is 0 Å². The number of halogens is 2. The minimum atomic E-state index is -4.05. The third kappa shape index (κ3) is 4.67. The summed E-state index contributed by atoms with van der Waals surface area (Å²) in [5.41, 5.74) is 3.22. The smallest absolute Gasteiger partial charge is 0.271 e. The molecule has 11 heteroatoms. The van der Waals surface area contributed by atoms with Crippen LogP contribution in [0.15, 0.2) is 46.4 Å². The summed E-state index contributed by atoms with van der Waals surface area (Å²) < 4.78 is 22.6. The topological polar surface area (TPSA) is 128 Å². The van der Waals surface area contributed by atoms with Crippen molar-refractivity contribution in [3.8, 4) is 0 Å². The SMILES string of the molecule is C/C(=N/Nc1ccc(S(N)(=O)=O)cc1[N+](=O)[O-])c1ccc(Cl)c(Cl)c1. The Morgan fingerprint density at radius 1 is 1.20 bits per heavy atom. The van der Waals surface area contributed by atoms with Gasteiger partial charge in [-0.05, 0) is 36.8 Å². The fourth-order valence-corrected chi connectivity index (χ4v) is 2.70. The lowest BCUT2D eigenvalue weighted by molar-refractivity contribution is -0.384. The number of nitro groups is 1. The van der Waals surface area contributed by atoms with Crippen LogP contribution in [0.25, 0.3) is 0 Å². The van der Waals surface area contributed by atoms with Gasteiger partial charge in [0, 0.05) is 6.07 Å². The van der Waals surface area contributed by atoms with E-state index < -0.39 is 20.6 Å². The number of nitrogens with zero attached hydrogens (tertiary/aromatic N) is 2. The number of hydrogen-bond acceptors (Lipinski definition) is 6. The summed E-state index contributed by atoms with van der Waals surface area (Å²) in [6.45, 7) is 1.66. The van der Waals surface area contributed by atoms with Gasteiger partial charge in [-0.15, -0.1) is 0 Å². The maximum Gasteiger partial charge on any atom is 0.295 e. The molecule has 0 aromatic heterocycles. The van der Waals surface area contributed by atoms with E-state index in [0.29, 0.717) is 21.3 Å². The second kappa shape index (κ2) is 7.36. The molecule has 0 aliphatic carbocycles. The van der Waals surface area contributed by atoms with Crippen molar-refractivity contribution >= 4 is 50.3 Å². The van der Waals surface area contributed by atoms with Crippen LogP contribution in [0.4, 0.5) is 11.4 Å². The molecule has 0 atom stereocenters. The Morgan fingerprint density at radius 2 is 1.88 bits per heavy atom. The number of anilines is 1. The molecule has 132 valence electrons. The van der Waals surface area contributed by atoms with E-state index in [1.54, 1.807) is 25.1 Å². The summed E-state index contributed by atoms with van der Waals surface area (Å²) in [5, 5.41) is 20.9. The minimum Gasteiger partial charge on any atom is -0.271 e. The van der Waals surface area contributed by atoms with Crippen molar-refractivity contribution in [2.24, 2.45) is 10.2 Å². The van der Waals surface area contributed by atoms with Gasteiger partial charge >= 0.3 is 0 Å². The third-order valence-corrected chi connectivity index (χ3v) is 4.83. The van der Waals surface area contributed by atoms with Crippen molar-refractivity contribution in [1.82, 2.24) is 0 Å². The van der Waals surface area contributed by atoms with Gasteiger partial charge in [-0.2, -0.15) is 5.10 Å². The lowest BCUT2D eigenvalue weighted by Gasteiger charge is -2.07. The fourth-order valence-electron chi connectivity index (χ4n) is 1.86. The molecule has 2 aromatic rings. The highest BCUT2D eigenvalue weighted by molar-refractivity contribution is 7.89. The predicted molar refractivity (Wildman–Crippen MR) is 96.8 cm³/mol. The normalized spacial score (nSPS) is 12.1. The van der Waals surface area contributed by atoms with Gasteiger partial charge in [-0.1, -0.05) is 29.3 Å². The summed E-state index contributed by atoms with van der Waals surface area (Å²) in [6.07, 6.45) is 0. The molecule has 0 fully saturated rings. The number of rotatable bonds is 5. The van der Waals surface area contributed by atoms with Gasteiger partial charge in [-0.3, -0.25) is 15.5 Å².